The maximum Gasteiger partial charge on any atom is 0.159 e. The van der Waals surface area contributed by atoms with Crippen molar-refractivity contribution in [3.63, 3.8) is 0 Å². The molecule has 2 atom stereocenters. The largest absolute Gasteiger partial charge is 0.493 e. The van der Waals surface area contributed by atoms with Crippen molar-refractivity contribution in [3.05, 3.63) is 42.2 Å². The molecule has 1 heterocycles. The van der Waals surface area contributed by atoms with Crippen LogP contribution in [-0.4, -0.2) is 22.7 Å². The summed E-state index contributed by atoms with van der Waals surface area (Å²) in [4.78, 5) is 9.14. The molecule has 3 nitrogen and oxygen atoms in total. The molecule has 0 fully saturated rings. The van der Waals surface area contributed by atoms with Gasteiger partial charge in [0.15, 0.2) is 5.82 Å². The van der Waals surface area contributed by atoms with Gasteiger partial charge < -0.3 is 4.74 Å². The molecule has 0 N–H and O–H groups in total. The lowest BCUT2D eigenvalue weighted by atomic mass is 10.0. The molecule has 0 radical (unpaired) electrons. The number of aromatic nitrogens is 2. The van der Waals surface area contributed by atoms with E-state index >= 15 is 0 Å². The first-order chi connectivity index (χ1) is 17.1. The van der Waals surface area contributed by atoms with Gasteiger partial charge in [-0.1, -0.05) is 85.0 Å². The molecule has 196 valence electrons. The SMILES string of the molecule is CCCCCCCCCCCCc1cnc(-c2ccc(OCCC(F)CCC(C)CC)cc2)nc1. The Labute approximate surface area is 214 Å². The fourth-order valence-electron chi connectivity index (χ4n) is 4.27. The molecule has 2 unspecified atom stereocenters. The summed E-state index contributed by atoms with van der Waals surface area (Å²) in [6.07, 6.45) is 20.9. The predicted molar refractivity (Wildman–Crippen MR) is 147 cm³/mol. The molecule has 0 spiro atoms. The number of aryl methyl sites for hydroxylation is 1. The van der Waals surface area contributed by atoms with Crippen LogP contribution in [0.5, 0.6) is 5.75 Å². The van der Waals surface area contributed by atoms with Crippen LogP contribution in [0.3, 0.4) is 0 Å². The zero-order valence-corrected chi connectivity index (χ0v) is 22.6. The van der Waals surface area contributed by atoms with Crippen LogP contribution in [0, 0.1) is 5.92 Å². The molecule has 0 aliphatic heterocycles. The molecular formula is C31H49FN2O. The predicted octanol–water partition coefficient (Wildman–Crippen LogP) is 9.54. The fourth-order valence-corrected chi connectivity index (χ4v) is 4.27. The van der Waals surface area contributed by atoms with Crippen LogP contribution >= 0.6 is 0 Å². The number of ether oxygens (including phenoxy) is 1. The lowest BCUT2D eigenvalue weighted by molar-refractivity contribution is 0.217. The van der Waals surface area contributed by atoms with Crippen LogP contribution in [0.4, 0.5) is 4.39 Å². The molecule has 0 aliphatic carbocycles. The summed E-state index contributed by atoms with van der Waals surface area (Å²) in [5, 5.41) is 0. The lowest BCUT2D eigenvalue weighted by Crippen LogP contribution is -2.09. The zero-order chi connectivity index (χ0) is 25.1. The van der Waals surface area contributed by atoms with E-state index in [1.807, 2.05) is 36.7 Å². The van der Waals surface area contributed by atoms with Crippen molar-refractivity contribution in [2.45, 2.75) is 123 Å². The third kappa shape index (κ3) is 13.1. The topological polar surface area (TPSA) is 35.0 Å². The Bertz CT molecular complexity index is 763. The van der Waals surface area contributed by atoms with Crippen molar-refractivity contribution in [3.8, 4) is 17.1 Å². The first-order valence-electron chi connectivity index (χ1n) is 14.3. The second-order valence-electron chi connectivity index (χ2n) is 10.2. The average molecular weight is 485 g/mol. The molecule has 0 saturated heterocycles. The minimum atomic E-state index is -0.782. The molecule has 2 rings (SSSR count). The Balaban J connectivity index is 1.61. The summed E-state index contributed by atoms with van der Waals surface area (Å²) in [5.41, 5.74) is 2.18. The van der Waals surface area contributed by atoms with Gasteiger partial charge in [0.1, 0.15) is 11.9 Å². The summed E-state index contributed by atoms with van der Waals surface area (Å²) in [5.74, 6) is 2.09. The fraction of sp³-hybridized carbons (Fsp3) is 0.677. The maximum absolute atomic E-state index is 14.0. The van der Waals surface area contributed by atoms with E-state index < -0.39 is 6.17 Å². The van der Waals surface area contributed by atoms with Crippen LogP contribution in [-0.2, 0) is 6.42 Å². The second-order valence-corrected chi connectivity index (χ2v) is 10.2. The molecule has 2 aromatic rings. The molecule has 1 aromatic carbocycles. The van der Waals surface area contributed by atoms with Gasteiger partial charge in [0.05, 0.1) is 6.61 Å². The van der Waals surface area contributed by atoms with Gasteiger partial charge in [0.25, 0.3) is 0 Å². The highest BCUT2D eigenvalue weighted by Crippen LogP contribution is 2.21. The van der Waals surface area contributed by atoms with Gasteiger partial charge in [-0.25, -0.2) is 14.4 Å². The monoisotopic (exact) mass is 484 g/mol. The molecule has 0 saturated carbocycles. The minimum absolute atomic E-state index is 0.408. The standard InChI is InChI=1S/C31H49FN2O/c1-4-6-7-8-9-10-11-12-13-14-15-27-24-33-31(34-25-27)28-17-20-30(21-18-28)35-23-22-29(32)19-16-26(3)5-2/h17-18,20-21,24-26,29H,4-16,19,22-23H2,1-3H3. The van der Waals surface area contributed by atoms with Crippen LogP contribution in [0.15, 0.2) is 36.7 Å². The van der Waals surface area contributed by atoms with Gasteiger partial charge in [-0.05, 0) is 61.4 Å². The highest BCUT2D eigenvalue weighted by molar-refractivity contribution is 5.55. The summed E-state index contributed by atoms with van der Waals surface area (Å²) >= 11 is 0. The van der Waals surface area contributed by atoms with E-state index in [-0.39, 0.29) is 0 Å². The van der Waals surface area contributed by atoms with Gasteiger partial charge in [0.2, 0.25) is 0 Å². The third-order valence-corrected chi connectivity index (χ3v) is 7.01. The quantitative estimate of drug-likeness (QED) is 0.175. The first kappa shape index (κ1) is 29.3. The Kier molecular flexibility index (Phi) is 15.3. The Morgan fingerprint density at radius 3 is 1.97 bits per heavy atom. The lowest BCUT2D eigenvalue weighted by Gasteiger charge is -2.12. The van der Waals surface area contributed by atoms with Gasteiger partial charge in [-0.2, -0.15) is 0 Å². The number of hydrogen-bond acceptors (Lipinski definition) is 3. The number of alkyl halides is 1. The molecule has 35 heavy (non-hydrogen) atoms. The van der Waals surface area contributed by atoms with Crippen LogP contribution in [0.25, 0.3) is 11.4 Å². The Hall–Kier alpha value is -1.97. The third-order valence-electron chi connectivity index (χ3n) is 7.01. The summed E-state index contributed by atoms with van der Waals surface area (Å²) in [6.45, 7) is 7.02. The maximum atomic E-state index is 14.0. The van der Waals surface area contributed by atoms with E-state index in [0.29, 0.717) is 25.4 Å². The molecule has 4 heteroatoms. The molecule has 1 aromatic heterocycles. The number of halogens is 1. The van der Waals surface area contributed by atoms with Gasteiger partial charge in [-0.3, -0.25) is 0 Å². The molecule has 0 amide bonds. The smallest absolute Gasteiger partial charge is 0.159 e. The number of hydrogen-bond donors (Lipinski definition) is 0. The number of benzene rings is 1. The van der Waals surface area contributed by atoms with Crippen molar-refractivity contribution in [1.29, 1.82) is 0 Å². The number of nitrogens with zero attached hydrogens (tertiary/aromatic N) is 2. The molecular weight excluding hydrogens is 435 g/mol. The minimum Gasteiger partial charge on any atom is -0.493 e. The normalized spacial score (nSPS) is 13.0. The van der Waals surface area contributed by atoms with Gasteiger partial charge in [-0.15, -0.1) is 0 Å². The van der Waals surface area contributed by atoms with Gasteiger partial charge in [0, 0.05) is 24.4 Å². The average Bonchev–Trinajstić information content (AvgIpc) is 2.89. The van der Waals surface area contributed by atoms with E-state index in [0.717, 1.165) is 36.4 Å². The van der Waals surface area contributed by atoms with Crippen molar-refractivity contribution in [2.75, 3.05) is 6.61 Å². The van der Waals surface area contributed by atoms with Crippen molar-refractivity contribution in [2.24, 2.45) is 5.92 Å². The number of rotatable bonds is 20. The van der Waals surface area contributed by atoms with E-state index in [4.69, 9.17) is 4.74 Å². The Morgan fingerprint density at radius 1 is 0.771 bits per heavy atom. The molecule has 0 bridgehead atoms. The first-order valence-corrected chi connectivity index (χ1v) is 14.3. The van der Waals surface area contributed by atoms with Gasteiger partial charge >= 0.3 is 0 Å². The zero-order valence-electron chi connectivity index (χ0n) is 22.6. The van der Waals surface area contributed by atoms with Crippen LogP contribution in [0.1, 0.15) is 116 Å². The second kappa shape index (κ2) is 18.3. The van der Waals surface area contributed by atoms with E-state index in [1.165, 1.54) is 69.8 Å². The van der Waals surface area contributed by atoms with E-state index in [2.05, 4.69) is 30.7 Å². The van der Waals surface area contributed by atoms with Crippen molar-refractivity contribution < 1.29 is 9.13 Å². The Morgan fingerprint density at radius 2 is 1.37 bits per heavy atom. The van der Waals surface area contributed by atoms with E-state index in [9.17, 15) is 4.39 Å². The summed E-state index contributed by atoms with van der Waals surface area (Å²) < 4.78 is 19.8. The van der Waals surface area contributed by atoms with Crippen LogP contribution in [0.2, 0.25) is 0 Å². The van der Waals surface area contributed by atoms with E-state index in [1.54, 1.807) is 0 Å². The van der Waals surface area contributed by atoms with Crippen LogP contribution < -0.4 is 4.74 Å². The highest BCUT2D eigenvalue weighted by atomic mass is 19.1. The summed E-state index contributed by atoms with van der Waals surface area (Å²) in [6, 6.07) is 7.79. The highest BCUT2D eigenvalue weighted by Gasteiger charge is 2.09. The van der Waals surface area contributed by atoms with Crippen molar-refractivity contribution >= 4 is 0 Å². The summed E-state index contributed by atoms with van der Waals surface area (Å²) in [7, 11) is 0. The van der Waals surface area contributed by atoms with Crippen molar-refractivity contribution in [1.82, 2.24) is 9.97 Å². The molecule has 0 aliphatic rings. The number of unbranched alkanes of at least 4 members (excludes halogenated alkanes) is 9.